The minimum absolute atomic E-state index is 0.156. The van der Waals surface area contributed by atoms with Crippen LogP contribution in [0.2, 0.25) is 0 Å². The highest BCUT2D eigenvalue weighted by atomic mass is 19.1. The van der Waals surface area contributed by atoms with E-state index in [-0.39, 0.29) is 11.2 Å². The Hall–Kier alpha value is -3.20. The molecule has 0 fully saturated rings. The van der Waals surface area contributed by atoms with Crippen molar-refractivity contribution in [1.82, 2.24) is 0 Å². The van der Waals surface area contributed by atoms with Crippen LogP contribution >= 0.6 is 0 Å². The Morgan fingerprint density at radius 1 is 0.879 bits per heavy atom. The summed E-state index contributed by atoms with van der Waals surface area (Å²) in [4.78, 5) is 0. The van der Waals surface area contributed by atoms with E-state index >= 15 is 0 Å². The van der Waals surface area contributed by atoms with Crippen LogP contribution < -0.4 is 4.57 Å². The minimum Gasteiger partial charge on any atom is -0.455 e. The maximum Gasteiger partial charge on any atom is 0.217 e. The standard InChI is InChI=1S/C30H31FNO/c1-17-8-10-22-20(16-30(4,5)6)14-26(32(7)25(22)12-17)28-19(3)18(2)13-24-23-11-9-21(31)15-27(23)33-29(24)28/h8-15H,16H2,1-7H3/q+1. The zero-order valence-electron chi connectivity index (χ0n) is 20.6. The van der Waals surface area contributed by atoms with Gasteiger partial charge in [0.2, 0.25) is 11.2 Å². The second-order valence-electron chi connectivity index (χ2n) is 10.7. The molecule has 0 unspecified atom stereocenters. The average Bonchev–Trinajstić information content (AvgIpc) is 3.07. The number of furan rings is 1. The van der Waals surface area contributed by atoms with Crippen molar-refractivity contribution < 1.29 is 13.4 Å². The lowest BCUT2D eigenvalue weighted by atomic mass is 9.85. The number of aromatic nitrogens is 1. The van der Waals surface area contributed by atoms with E-state index in [1.54, 1.807) is 0 Å². The van der Waals surface area contributed by atoms with Gasteiger partial charge >= 0.3 is 0 Å². The first kappa shape index (κ1) is 21.6. The van der Waals surface area contributed by atoms with Crippen LogP contribution in [-0.4, -0.2) is 0 Å². The predicted molar refractivity (Wildman–Crippen MR) is 135 cm³/mol. The van der Waals surface area contributed by atoms with Crippen molar-refractivity contribution >= 4 is 32.8 Å². The molecule has 0 atom stereocenters. The SMILES string of the molecule is Cc1ccc2c(CC(C)(C)C)cc(-c3c(C)c(C)cc4c3oc3cc(F)ccc34)[n+](C)c2c1. The predicted octanol–water partition coefficient (Wildman–Crippen LogP) is 7.88. The topological polar surface area (TPSA) is 17.0 Å². The molecular weight excluding hydrogens is 409 g/mol. The molecule has 0 aliphatic heterocycles. The molecule has 0 aliphatic rings. The van der Waals surface area contributed by atoms with Crippen molar-refractivity contribution in [3.05, 3.63) is 76.6 Å². The van der Waals surface area contributed by atoms with Gasteiger partial charge in [-0.1, -0.05) is 26.8 Å². The van der Waals surface area contributed by atoms with Gasteiger partial charge < -0.3 is 4.42 Å². The van der Waals surface area contributed by atoms with E-state index in [0.29, 0.717) is 5.58 Å². The third kappa shape index (κ3) is 3.60. The molecule has 0 saturated carbocycles. The Balaban J connectivity index is 1.93. The zero-order valence-corrected chi connectivity index (χ0v) is 20.6. The normalized spacial score (nSPS) is 12.4. The van der Waals surface area contributed by atoms with Crippen LogP contribution in [-0.2, 0) is 13.5 Å². The molecule has 0 amide bonds. The number of hydrogen-bond acceptors (Lipinski definition) is 1. The van der Waals surface area contributed by atoms with E-state index in [2.05, 4.69) is 83.5 Å². The highest BCUT2D eigenvalue weighted by Gasteiger charge is 2.26. The lowest BCUT2D eigenvalue weighted by Gasteiger charge is -2.20. The molecule has 3 aromatic carbocycles. The molecular formula is C30H31FNO+. The number of hydrogen-bond donors (Lipinski definition) is 0. The zero-order chi connectivity index (χ0) is 23.7. The van der Waals surface area contributed by atoms with Crippen LogP contribution in [0, 0.1) is 32.0 Å². The lowest BCUT2D eigenvalue weighted by Crippen LogP contribution is -2.33. The summed E-state index contributed by atoms with van der Waals surface area (Å²) < 4.78 is 22.6. The fourth-order valence-electron chi connectivity index (χ4n) is 5.04. The van der Waals surface area contributed by atoms with Crippen molar-refractivity contribution in [2.75, 3.05) is 0 Å². The first-order valence-corrected chi connectivity index (χ1v) is 11.6. The highest BCUT2D eigenvalue weighted by Crippen LogP contribution is 2.40. The number of rotatable bonds is 2. The molecule has 33 heavy (non-hydrogen) atoms. The highest BCUT2D eigenvalue weighted by molar-refractivity contribution is 6.10. The van der Waals surface area contributed by atoms with Crippen molar-refractivity contribution in [2.45, 2.75) is 48.0 Å². The largest absolute Gasteiger partial charge is 0.455 e. The minimum atomic E-state index is -0.282. The Kier molecular flexibility index (Phi) is 4.86. The van der Waals surface area contributed by atoms with E-state index in [1.165, 1.54) is 45.3 Å². The van der Waals surface area contributed by atoms with Crippen molar-refractivity contribution in [1.29, 1.82) is 0 Å². The van der Waals surface area contributed by atoms with E-state index in [0.717, 1.165) is 34.0 Å². The second kappa shape index (κ2) is 7.41. The third-order valence-electron chi connectivity index (χ3n) is 6.75. The van der Waals surface area contributed by atoms with Gasteiger partial charge in [-0.05, 0) is 79.1 Å². The number of nitrogens with zero attached hydrogens (tertiary/aromatic N) is 1. The first-order valence-electron chi connectivity index (χ1n) is 11.6. The molecule has 5 rings (SSSR count). The Bertz CT molecular complexity index is 1570. The van der Waals surface area contributed by atoms with Gasteiger partial charge in [0.1, 0.15) is 24.0 Å². The second-order valence-corrected chi connectivity index (χ2v) is 10.7. The quantitative estimate of drug-likeness (QED) is 0.255. The van der Waals surface area contributed by atoms with Crippen molar-refractivity contribution in [3.63, 3.8) is 0 Å². The number of benzene rings is 3. The summed E-state index contributed by atoms with van der Waals surface area (Å²) in [7, 11) is 2.13. The van der Waals surface area contributed by atoms with Crippen LogP contribution in [0.15, 0.2) is 52.9 Å². The summed E-state index contributed by atoms with van der Waals surface area (Å²) in [5.74, 6) is -0.282. The fourth-order valence-corrected chi connectivity index (χ4v) is 5.04. The summed E-state index contributed by atoms with van der Waals surface area (Å²) in [5.41, 5.74) is 9.95. The number of aryl methyl sites for hydroxylation is 3. The van der Waals surface area contributed by atoms with Gasteiger partial charge in [0.25, 0.3) is 0 Å². The molecule has 168 valence electrons. The fraction of sp³-hybridized carbons (Fsp3) is 0.300. The van der Waals surface area contributed by atoms with Crippen molar-refractivity contribution in [3.8, 4) is 11.3 Å². The molecule has 2 heterocycles. The average molecular weight is 441 g/mol. The Morgan fingerprint density at radius 2 is 1.61 bits per heavy atom. The van der Waals surface area contributed by atoms with Crippen molar-refractivity contribution in [2.24, 2.45) is 12.5 Å². The molecule has 0 N–H and O–H groups in total. The molecule has 2 aromatic heterocycles. The first-order chi connectivity index (χ1) is 15.5. The van der Waals surface area contributed by atoms with Gasteiger partial charge in [-0.3, -0.25) is 0 Å². The summed E-state index contributed by atoms with van der Waals surface area (Å²) in [5, 5.41) is 3.27. The van der Waals surface area contributed by atoms with Gasteiger partial charge in [0, 0.05) is 34.4 Å². The van der Waals surface area contributed by atoms with Gasteiger partial charge in [-0.25, -0.2) is 4.39 Å². The number of pyridine rings is 1. The van der Waals surface area contributed by atoms with E-state index in [9.17, 15) is 4.39 Å². The maximum atomic E-state index is 14.0. The van der Waals surface area contributed by atoms with Crippen LogP contribution in [0.5, 0.6) is 0 Å². The molecule has 0 saturated heterocycles. The maximum absolute atomic E-state index is 14.0. The molecule has 0 bridgehead atoms. The smallest absolute Gasteiger partial charge is 0.217 e. The Labute approximate surface area is 194 Å². The van der Waals surface area contributed by atoms with E-state index in [1.807, 2.05) is 6.07 Å². The van der Waals surface area contributed by atoms with Crippen LogP contribution in [0.1, 0.15) is 43.0 Å². The summed E-state index contributed by atoms with van der Waals surface area (Å²) in [6.45, 7) is 13.3. The summed E-state index contributed by atoms with van der Waals surface area (Å²) in [6.07, 6.45) is 0.972. The number of fused-ring (bicyclic) bond motifs is 4. The molecule has 3 heteroatoms. The van der Waals surface area contributed by atoms with Gasteiger partial charge in [0.05, 0.1) is 5.56 Å². The molecule has 0 aliphatic carbocycles. The van der Waals surface area contributed by atoms with Crippen LogP contribution in [0.25, 0.3) is 44.1 Å². The summed E-state index contributed by atoms with van der Waals surface area (Å²) in [6, 6.07) is 16.0. The monoisotopic (exact) mass is 440 g/mol. The van der Waals surface area contributed by atoms with Gasteiger partial charge in [-0.2, -0.15) is 4.57 Å². The van der Waals surface area contributed by atoms with E-state index < -0.39 is 0 Å². The van der Waals surface area contributed by atoms with E-state index in [4.69, 9.17) is 4.42 Å². The van der Waals surface area contributed by atoms with Crippen LogP contribution in [0.4, 0.5) is 4.39 Å². The van der Waals surface area contributed by atoms with Crippen LogP contribution in [0.3, 0.4) is 0 Å². The molecule has 0 radical (unpaired) electrons. The Morgan fingerprint density at radius 3 is 2.33 bits per heavy atom. The lowest BCUT2D eigenvalue weighted by molar-refractivity contribution is -0.633. The molecule has 2 nitrogen and oxygen atoms in total. The van der Waals surface area contributed by atoms with Gasteiger partial charge in [-0.15, -0.1) is 0 Å². The third-order valence-corrected chi connectivity index (χ3v) is 6.75. The molecule has 0 spiro atoms. The molecule has 5 aromatic rings. The van der Waals surface area contributed by atoms with Gasteiger partial charge in [0.15, 0.2) is 0 Å². The summed E-state index contributed by atoms with van der Waals surface area (Å²) >= 11 is 0. The number of halogens is 1.